The highest BCUT2D eigenvalue weighted by atomic mass is 15.5. The summed E-state index contributed by atoms with van der Waals surface area (Å²) in [5.41, 5.74) is 5.04. The molecular weight excluding hydrogens is 404 g/mol. The highest BCUT2D eigenvalue weighted by molar-refractivity contribution is 5.87. The van der Waals surface area contributed by atoms with Crippen LogP contribution in [0.15, 0.2) is 80.3 Å². The van der Waals surface area contributed by atoms with E-state index in [9.17, 15) is 0 Å². The van der Waals surface area contributed by atoms with Crippen LogP contribution in [0.4, 0.5) is 22.9 Å². The Bertz CT molecular complexity index is 1000. The zero-order valence-electron chi connectivity index (χ0n) is 21.4. The molecule has 0 amide bonds. The molecule has 0 saturated heterocycles. The summed E-state index contributed by atoms with van der Waals surface area (Å²) >= 11 is 0. The Morgan fingerprint density at radius 3 is 2.12 bits per heavy atom. The predicted octanol–water partition coefficient (Wildman–Crippen LogP) is 8.26. The summed E-state index contributed by atoms with van der Waals surface area (Å²) in [6.07, 6.45) is 4.89. The van der Waals surface area contributed by atoms with Crippen LogP contribution in [0.25, 0.3) is 0 Å². The summed E-state index contributed by atoms with van der Waals surface area (Å²) in [6, 6.07) is 19.4. The second kappa shape index (κ2) is 11.6. The first-order chi connectivity index (χ1) is 16.2. The van der Waals surface area contributed by atoms with Crippen molar-refractivity contribution in [2.45, 2.75) is 66.5 Å². The summed E-state index contributed by atoms with van der Waals surface area (Å²) in [7, 11) is 0. The Labute approximate surface area is 201 Å². The van der Waals surface area contributed by atoms with Gasteiger partial charge in [-0.25, -0.2) is 9.97 Å². The molecule has 1 aromatic heterocycles. The van der Waals surface area contributed by atoms with Gasteiger partial charge in [0.25, 0.3) is 0 Å². The standard InChI is InChI=1S/C23H24N4.2C2H6.C2H4/c1-4-23(3)16(2)22-26(17-10-6-5-7-11-17)20-14-24-15-25-21(20)27(22)19-13-9-8-12-18(19)23;3*1-2/h5-16,22H,4H2,1-3H3;2*1-2H3;1-2H2. The van der Waals surface area contributed by atoms with E-state index in [2.05, 4.69) is 103 Å². The Kier molecular flexibility index (Phi) is 9.22. The zero-order valence-corrected chi connectivity index (χ0v) is 21.4. The lowest BCUT2D eigenvalue weighted by atomic mass is 9.66. The number of fused-ring (bicyclic) bond motifs is 5. The molecule has 2 aromatic carbocycles. The van der Waals surface area contributed by atoms with Crippen molar-refractivity contribution < 1.29 is 0 Å². The van der Waals surface area contributed by atoms with Crippen LogP contribution in [0.1, 0.15) is 60.5 Å². The lowest BCUT2D eigenvalue weighted by molar-refractivity contribution is 0.249. The lowest BCUT2D eigenvalue weighted by Gasteiger charge is -2.50. The zero-order chi connectivity index (χ0) is 24.6. The van der Waals surface area contributed by atoms with Gasteiger partial charge in [-0.2, -0.15) is 0 Å². The van der Waals surface area contributed by atoms with E-state index in [1.807, 2.05) is 33.9 Å². The first-order valence-corrected chi connectivity index (χ1v) is 12.2. The van der Waals surface area contributed by atoms with Gasteiger partial charge in [0.05, 0.1) is 6.20 Å². The fraction of sp³-hybridized carbons (Fsp3) is 0.379. The molecule has 0 aliphatic carbocycles. The van der Waals surface area contributed by atoms with Gasteiger partial charge in [-0.15, -0.1) is 13.2 Å². The molecule has 3 aromatic rings. The summed E-state index contributed by atoms with van der Waals surface area (Å²) < 4.78 is 0. The van der Waals surface area contributed by atoms with E-state index in [-0.39, 0.29) is 11.6 Å². The van der Waals surface area contributed by atoms with Crippen LogP contribution in [-0.2, 0) is 5.41 Å². The molecule has 2 aliphatic heterocycles. The van der Waals surface area contributed by atoms with Crippen LogP contribution < -0.4 is 9.80 Å². The van der Waals surface area contributed by atoms with Gasteiger partial charge >= 0.3 is 0 Å². The quantitative estimate of drug-likeness (QED) is 0.372. The van der Waals surface area contributed by atoms with Crippen LogP contribution in [0.2, 0.25) is 0 Å². The van der Waals surface area contributed by atoms with Crippen LogP contribution in [0.5, 0.6) is 0 Å². The maximum absolute atomic E-state index is 4.70. The topological polar surface area (TPSA) is 32.3 Å². The number of anilines is 4. The van der Waals surface area contributed by atoms with E-state index in [1.165, 1.54) is 16.9 Å². The number of benzene rings is 2. The Morgan fingerprint density at radius 1 is 0.879 bits per heavy atom. The first kappa shape index (κ1) is 26.1. The number of para-hydroxylation sites is 2. The van der Waals surface area contributed by atoms with Gasteiger partial charge in [-0.3, -0.25) is 0 Å². The summed E-state index contributed by atoms with van der Waals surface area (Å²) in [5.74, 6) is 1.41. The van der Waals surface area contributed by atoms with Gasteiger partial charge < -0.3 is 9.80 Å². The molecule has 5 rings (SSSR count). The van der Waals surface area contributed by atoms with Gasteiger partial charge in [0.1, 0.15) is 18.2 Å². The van der Waals surface area contributed by atoms with E-state index in [4.69, 9.17) is 4.98 Å². The second-order valence-corrected chi connectivity index (χ2v) is 7.80. The first-order valence-electron chi connectivity index (χ1n) is 12.2. The van der Waals surface area contributed by atoms with Crippen molar-refractivity contribution in [1.82, 2.24) is 9.97 Å². The molecule has 176 valence electrons. The number of hydrogen-bond acceptors (Lipinski definition) is 4. The smallest absolute Gasteiger partial charge is 0.162 e. The minimum Gasteiger partial charge on any atom is -0.315 e. The van der Waals surface area contributed by atoms with Crippen molar-refractivity contribution in [3.63, 3.8) is 0 Å². The third kappa shape index (κ3) is 4.27. The minimum absolute atomic E-state index is 0.0975. The number of aromatic nitrogens is 2. The molecule has 33 heavy (non-hydrogen) atoms. The van der Waals surface area contributed by atoms with E-state index >= 15 is 0 Å². The van der Waals surface area contributed by atoms with Crippen molar-refractivity contribution in [3.05, 3.63) is 85.8 Å². The molecule has 0 N–H and O–H groups in total. The Balaban J connectivity index is 0.000000597. The number of rotatable bonds is 2. The fourth-order valence-corrected chi connectivity index (χ4v) is 4.89. The highest BCUT2D eigenvalue weighted by Gasteiger charge is 2.52. The molecular formula is C29H40N4. The molecule has 3 heterocycles. The number of nitrogens with zero attached hydrogens (tertiary/aromatic N) is 4. The van der Waals surface area contributed by atoms with E-state index < -0.39 is 0 Å². The highest BCUT2D eigenvalue weighted by Crippen LogP contribution is 2.57. The summed E-state index contributed by atoms with van der Waals surface area (Å²) in [5, 5.41) is 0. The molecule has 2 aliphatic rings. The fourth-order valence-electron chi connectivity index (χ4n) is 4.89. The molecule has 3 unspecified atom stereocenters. The maximum atomic E-state index is 4.70. The van der Waals surface area contributed by atoms with Crippen molar-refractivity contribution in [2.24, 2.45) is 5.92 Å². The molecule has 4 nitrogen and oxygen atoms in total. The van der Waals surface area contributed by atoms with Gasteiger partial charge in [0.2, 0.25) is 0 Å². The summed E-state index contributed by atoms with van der Waals surface area (Å²) in [4.78, 5) is 13.9. The van der Waals surface area contributed by atoms with Crippen LogP contribution >= 0.6 is 0 Å². The molecule has 3 atom stereocenters. The normalized spacial score (nSPS) is 21.5. The molecule has 0 spiro atoms. The lowest BCUT2D eigenvalue weighted by Crippen LogP contribution is -2.54. The van der Waals surface area contributed by atoms with Gasteiger partial charge in [-0.05, 0) is 30.2 Å². The van der Waals surface area contributed by atoms with Crippen molar-refractivity contribution in [1.29, 1.82) is 0 Å². The van der Waals surface area contributed by atoms with Crippen LogP contribution in [-0.4, -0.2) is 16.1 Å². The van der Waals surface area contributed by atoms with Crippen molar-refractivity contribution in [2.75, 3.05) is 9.80 Å². The average molecular weight is 445 g/mol. The van der Waals surface area contributed by atoms with E-state index in [0.29, 0.717) is 5.92 Å². The van der Waals surface area contributed by atoms with Gasteiger partial charge in [-0.1, -0.05) is 84.9 Å². The van der Waals surface area contributed by atoms with Crippen molar-refractivity contribution in [3.8, 4) is 0 Å². The SMILES string of the molecule is C=C.CC.CC.CCC1(C)c2ccccc2N2c3ncncc3N(c3ccccc3)C2C1C. The monoisotopic (exact) mass is 444 g/mol. The molecule has 0 bridgehead atoms. The molecule has 0 saturated carbocycles. The van der Waals surface area contributed by atoms with Crippen LogP contribution in [0, 0.1) is 5.92 Å². The van der Waals surface area contributed by atoms with Gasteiger partial charge in [0.15, 0.2) is 5.82 Å². The molecule has 0 fully saturated rings. The Hall–Kier alpha value is -3.14. The Morgan fingerprint density at radius 2 is 1.48 bits per heavy atom. The third-order valence-corrected chi connectivity index (χ3v) is 6.69. The average Bonchev–Trinajstić information content (AvgIpc) is 3.26. The number of hydrogen-bond donors (Lipinski definition) is 0. The van der Waals surface area contributed by atoms with Crippen LogP contribution in [0.3, 0.4) is 0 Å². The third-order valence-electron chi connectivity index (χ3n) is 6.69. The predicted molar refractivity (Wildman–Crippen MR) is 144 cm³/mol. The minimum atomic E-state index is 0.0975. The summed E-state index contributed by atoms with van der Waals surface area (Å²) in [6.45, 7) is 21.1. The molecule has 0 radical (unpaired) electrons. The van der Waals surface area contributed by atoms with Gasteiger partial charge in [0, 0.05) is 22.7 Å². The van der Waals surface area contributed by atoms with E-state index in [1.54, 1.807) is 6.33 Å². The maximum Gasteiger partial charge on any atom is 0.162 e. The second-order valence-electron chi connectivity index (χ2n) is 7.80. The van der Waals surface area contributed by atoms with E-state index in [0.717, 1.165) is 17.9 Å². The van der Waals surface area contributed by atoms with Crippen molar-refractivity contribution >= 4 is 22.9 Å². The molecule has 4 heteroatoms. The largest absolute Gasteiger partial charge is 0.315 e.